The van der Waals surface area contributed by atoms with Crippen molar-refractivity contribution in [3.8, 4) is 0 Å². The molecule has 136 valence electrons. The maximum absolute atomic E-state index is 13.4. The van der Waals surface area contributed by atoms with Gasteiger partial charge in [-0.3, -0.25) is 25.8 Å². The first kappa shape index (κ1) is 18.8. The molecule has 0 saturated heterocycles. The average Bonchev–Trinajstić information content (AvgIpc) is 2.63. The van der Waals surface area contributed by atoms with Crippen LogP contribution in [0.1, 0.15) is 5.56 Å². The highest BCUT2D eigenvalue weighted by atomic mass is 19.2. The summed E-state index contributed by atoms with van der Waals surface area (Å²) in [7, 11) is 0. The van der Waals surface area contributed by atoms with E-state index in [1.165, 1.54) is 24.3 Å². The fraction of sp³-hybridized carbons (Fsp3) is 0. The molecule has 2 N–H and O–H groups in total. The quantitative estimate of drug-likeness (QED) is 0.210. The van der Waals surface area contributed by atoms with Crippen molar-refractivity contribution in [2.24, 2.45) is 0 Å². The van der Waals surface area contributed by atoms with Gasteiger partial charge in [-0.2, -0.15) is 0 Å². The van der Waals surface area contributed by atoms with Gasteiger partial charge in [0.15, 0.2) is 23.3 Å². The van der Waals surface area contributed by atoms with Crippen LogP contribution < -0.4 is 10.9 Å². The Morgan fingerprint density at radius 2 is 1.50 bits per heavy atom. The van der Waals surface area contributed by atoms with E-state index in [-0.39, 0.29) is 11.3 Å². The number of anilines is 1. The molecular formula is C15H8F5N3O3. The lowest BCUT2D eigenvalue weighted by atomic mass is 10.1. The fourth-order valence-electron chi connectivity index (χ4n) is 1.84. The Labute approximate surface area is 142 Å². The van der Waals surface area contributed by atoms with E-state index >= 15 is 0 Å². The smallest absolute Gasteiger partial charge is 0.276 e. The van der Waals surface area contributed by atoms with Crippen molar-refractivity contribution in [1.82, 2.24) is 5.43 Å². The van der Waals surface area contributed by atoms with Gasteiger partial charge in [-0.05, 0) is 12.1 Å². The number of halogens is 5. The van der Waals surface area contributed by atoms with Crippen LogP contribution in [0.25, 0.3) is 6.08 Å². The number of nitro groups is 1. The zero-order valence-electron chi connectivity index (χ0n) is 12.5. The standard InChI is InChI=1S/C15H8F5N3O3/c16-10-11(17)13(19)15(14(20)12(10)18)22-21-9(24)6-5-7-3-1-2-4-8(7)23(25)26/h1-6,22H,(H,21,24)/b6-5+. The van der Waals surface area contributed by atoms with Gasteiger partial charge in [0.25, 0.3) is 11.6 Å². The highest BCUT2D eigenvalue weighted by Gasteiger charge is 2.25. The second-order valence-electron chi connectivity index (χ2n) is 4.71. The summed E-state index contributed by atoms with van der Waals surface area (Å²) >= 11 is 0. The van der Waals surface area contributed by atoms with E-state index in [1.54, 1.807) is 10.9 Å². The summed E-state index contributed by atoms with van der Waals surface area (Å²) in [5.41, 5.74) is 1.58. The molecule has 0 bridgehead atoms. The number of hydrogen-bond donors (Lipinski definition) is 2. The number of carbonyl (C=O) groups excluding carboxylic acids is 1. The summed E-state index contributed by atoms with van der Waals surface area (Å²) in [5, 5.41) is 10.8. The number of carbonyl (C=O) groups is 1. The van der Waals surface area contributed by atoms with Crippen molar-refractivity contribution in [1.29, 1.82) is 0 Å². The molecular weight excluding hydrogens is 365 g/mol. The van der Waals surface area contributed by atoms with E-state index in [0.717, 1.165) is 12.2 Å². The Bertz CT molecular complexity index is 889. The number of amides is 1. The molecule has 0 unspecified atom stereocenters. The Kier molecular flexibility index (Phi) is 5.50. The Balaban J connectivity index is 2.15. The van der Waals surface area contributed by atoms with E-state index in [4.69, 9.17) is 0 Å². The molecule has 2 aromatic carbocycles. The average molecular weight is 373 g/mol. The van der Waals surface area contributed by atoms with Crippen LogP contribution in [0.5, 0.6) is 0 Å². The normalized spacial score (nSPS) is 10.8. The van der Waals surface area contributed by atoms with E-state index < -0.39 is 45.6 Å². The SMILES string of the molecule is O=C(/C=C/c1ccccc1[N+](=O)[O-])NNc1c(F)c(F)c(F)c(F)c1F. The van der Waals surface area contributed by atoms with Crippen LogP contribution in [0.4, 0.5) is 33.3 Å². The van der Waals surface area contributed by atoms with Gasteiger partial charge in [-0.25, -0.2) is 22.0 Å². The molecule has 11 heteroatoms. The largest absolute Gasteiger partial charge is 0.293 e. The Morgan fingerprint density at radius 1 is 0.962 bits per heavy atom. The van der Waals surface area contributed by atoms with Crippen molar-refractivity contribution in [3.05, 3.63) is 75.1 Å². The molecule has 0 aromatic heterocycles. The third-order valence-corrected chi connectivity index (χ3v) is 3.07. The predicted octanol–water partition coefficient (Wildman–Crippen LogP) is 3.45. The summed E-state index contributed by atoms with van der Waals surface area (Å²) in [4.78, 5) is 21.7. The minimum Gasteiger partial charge on any atom is -0.293 e. The monoisotopic (exact) mass is 373 g/mol. The van der Waals surface area contributed by atoms with Gasteiger partial charge in [0, 0.05) is 12.1 Å². The molecule has 6 nitrogen and oxygen atoms in total. The zero-order valence-corrected chi connectivity index (χ0v) is 12.5. The molecule has 0 saturated carbocycles. The van der Waals surface area contributed by atoms with Gasteiger partial charge in [0.05, 0.1) is 10.5 Å². The third kappa shape index (κ3) is 3.77. The van der Waals surface area contributed by atoms with Crippen molar-refractivity contribution < 1.29 is 31.7 Å². The zero-order chi connectivity index (χ0) is 19.4. The van der Waals surface area contributed by atoms with Crippen LogP contribution in [0.15, 0.2) is 30.3 Å². The fourth-order valence-corrected chi connectivity index (χ4v) is 1.84. The number of nitrogens with zero attached hydrogens (tertiary/aromatic N) is 1. The highest BCUT2D eigenvalue weighted by Crippen LogP contribution is 2.26. The van der Waals surface area contributed by atoms with Gasteiger partial charge in [-0.15, -0.1) is 0 Å². The van der Waals surface area contributed by atoms with Crippen LogP contribution >= 0.6 is 0 Å². The molecule has 0 heterocycles. The van der Waals surface area contributed by atoms with Crippen LogP contribution in [0.3, 0.4) is 0 Å². The Hall–Kier alpha value is -3.50. The number of para-hydroxylation sites is 1. The number of nitro benzene ring substituents is 1. The maximum atomic E-state index is 13.4. The lowest BCUT2D eigenvalue weighted by Crippen LogP contribution is -2.29. The molecule has 0 spiro atoms. The van der Waals surface area contributed by atoms with Crippen molar-refractivity contribution in [2.75, 3.05) is 5.43 Å². The molecule has 0 aliphatic carbocycles. The molecule has 0 atom stereocenters. The third-order valence-electron chi connectivity index (χ3n) is 3.07. The molecule has 0 fully saturated rings. The van der Waals surface area contributed by atoms with Crippen LogP contribution in [-0.4, -0.2) is 10.8 Å². The minimum atomic E-state index is -2.34. The van der Waals surface area contributed by atoms with Crippen molar-refractivity contribution >= 4 is 23.4 Å². The molecule has 2 rings (SSSR count). The van der Waals surface area contributed by atoms with Crippen LogP contribution in [0.2, 0.25) is 0 Å². The number of nitrogens with one attached hydrogen (secondary N) is 2. The summed E-state index contributed by atoms with van der Waals surface area (Å²) in [6, 6.07) is 5.39. The van der Waals surface area contributed by atoms with E-state index in [9.17, 15) is 36.9 Å². The molecule has 0 aliphatic heterocycles. The van der Waals surface area contributed by atoms with Crippen molar-refractivity contribution in [3.63, 3.8) is 0 Å². The van der Waals surface area contributed by atoms with E-state index in [1.807, 2.05) is 0 Å². The first-order chi connectivity index (χ1) is 12.2. The molecule has 0 aliphatic rings. The highest BCUT2D eigenvalue weighted by molar-refractivity contribution is 5.93. The number of benzene rings is 2. The molecule has 26 heavy (non-hydrogen) atoms. The molecule has 0 radical (unpaired) electrons. The number of rotatable bonds is 5. The second-order valence-corrected chi connectivity index (χ2v) is 4.71. The molecule has 1 amide bonds. The van der Waals surface area contributed by atoms with Crippen LogP contribution in [0, 0.1) is 39.2 Å². The predicted molar refractivity (Wildman–Crippen MR) is 80.1 cm³/mol. The van der Waals surface area contributed by atoms with Gasteiger partial charge in [-0.1, -0.05) is 12.1 Å². The minimum absolute atomic E-state index is 0.0592. The first-order valence-corrected chi connectivity index (χ1v) is 6.73. The topological polar surface area (TPSA) is 84.3 Å². The van der Waals surface area contributed by atoms with Gasteiger partial charge in [0.1, 0.15) is 5.69 Å². The van der Waals surface area contributed by atoms with E-state index in [2.05, 4.69) is 0 Å². The van der Waals surface area contributed by atoms with Gasteiger partial charge >= 0.3 is 0 Å². The summed E-state index contributed by atoms with van der Waals surface area (Å²) in [6.07, 6.45) is 1.80. The first-order valence-electron chi connectivity index (χ1n) is 6.73. The second kappa shape index (κ2) is 7.59. The van der Waals surface area contributed by atoms with Crippen LogP contribution in [-0.2, 0) is 4.79 Å². The number of hydrogen-bond acceptors (Lipinski definition) is 4. The van der Waals surface area contributed by atoms with Gasteiger partial charge < -0.3 is 0 Å². The molecule has 2 aromatic rings. The lowest BCUT2D eigenvalue weighted by molar-refractivity contribution is -0.385. The summed E-state index contributed by atoms with van der Waals surface area (Å²) < 4.78 is 65.8. The number of hydrazine groups is 1. The van der Waals surface area contributed by atoms with Crippen molar-refractivity contribution in [2.45, 2.75) is 0 Å². The summed E-state index contributed by atoms with van der Waals surface area (Å²) in [6.45, 7) is 0. The van der Waals surface area contributed by atoms with Gasteiger partial charge in [0.2, 0.25) is 5.82 Å². The maximum Gasteiger partial charge on any atom is 0.276 e. The Morgan fingerprint density at radius 3 is 2.08 bits per heavy atom. The summed E-state index contributed by atoms with van der Waals surface area (Å²) in [5.74, 6) is -12.1. The van der Waals surface area contributed by atoms with E-state index in [0.29, 0.717) is 0 Å². The lowest BCUT2D eigenvalue weighted by Gasteiger charge is -2.10.